The second-order valence-electron chi connectivity index (χ2n) is 8.01. The Labute approximate surface area is 158 Å². The average Bonchev–Trinajstić information content (AvgIpc) is 2.64. The van der Waals surface area contributed by atoms with E-state index in [2.05, 4.69) is 16.9 Å². The van der Waals surface area contributed by atoms with Crippen LogP contribution in [0.25, 0.3) is 11.0 Å². The summed E-state index contributed by atoms with van der Waals surface area (Å²) in [6.07, 6.45) is 9.45. The summed E-state index contributed by atoms with van der Waals surface area (Å²) in [6.45, 7) is 2.18. The molecule has 7 nitrogen and oxygen atoms in total. The number of aliphatic hydroxyl groups is 1. The van der Waals surface area contributed by atoms with Gasteiger partial charge in [0.25, 0.3) is 0 Å². The third-order valence-electron chi connectivity index (χ3n) is 6.12. The first-order chi connectivity index (χ1) is 13.0. The summed E-state index contributed by atoms with van der Waals surface area (Å²) in [5.41, 5.74) is 6.37. The quantitative estimate of drug-likeness (QED) is 0.859. The maximum Gasteiger partial charge on any atom is 0.320 e. The van der Waals surface area contributed by atoms with Crippen molar-refractivity contribution in [2.75, 3.05) is 5.73 Å². The molecule has 3 N–H and O–H groups in total. The molecule has 2 fully saturated rings. The Morgan fingerprint density at radius 3 is 2.67 bits per heavy atom. The van der Waals surface area contributed by atoms with E-state index in [1.54, 1.807) is 6.20 Å². The number of aliphatic hydroxyl groups excluding tert-OH is 1. The lowest BCUT2D eigenvalue weighted by Gasteiger charge is -2.31. The minimum Gasteiger partial charge on any atom is -0.460 e. The Bertz CT molecular complexity index is 881. The van der Waals surface area contributed by atoms with Crippen molar-refractivity contribution in [2.24, 2.45) is 5.92 Å². The first kappa shape index (κ1) is 18.2. The predicted octanol–water partition coefficient (Wildman–Crippen LogP) is 2.81. The number of nitrogens with two attached hydrogens (primary N) is 1. The Balaban J connectivity index is 1.77. The van der Waals surface area contributed by atoms with Crippen LogP contribution in [0.15, 0.2) is 17.1 Å². The van der Waals surface area contributed by atoms with Crippen LogP contribution in [0, 0.1) is 5.92 Å². The summed E-state index contributed by atoms with van der Waals surface area (Å²) in [7, 11) is 0. The van der Waals surface area contributed by atoms with E-state index in [-0.39, 0.29) is 29.4 Å². The number of nitrogens with zero attached hydrogens (tertiary/aromatic N) is 3. The minimum absolute atomic E-state index is 0.0692. The lowest BCUT2D eigenvalue weighted by molar-refractivity contribution is 0.0764. The number of fused-ring (bicyclic) bond motifs is 1. The second kappa shape index (κ2) is 7.46. The molecule has 146 valence electrons. The monoisotopic (exact) mass is 372 g/mol. The molecule has 2 saturated carbocycles. The van der Waals surface area contributed by atoms with Gasteiger partial charge < -0.3 is 20.1 Å². The second-order valence-corrected chi connectivity index (χ2v) is 8.01. The first-order valence-corrected chi connectivity index (χ1v) is 10.1. The van der Waals surface area contributed by atoms with Gasteiger partial charge in [0.1, 0.15) is 17.3 Å². The van der Waals surface area contributed by atoms with Gasteiger partial charge in [-0.3, -0.25) is 4.79 Å². The van der Waals surface area contributed by atoms with Gasteiger partial charge >= 0.3 is 6.01 Å². The number of hydrogen-bond donors (Lipinski definition) is 2. The number of aromatic nitrogens is 3. The molecule has 2 aromatic rings. The lowest BCUT2D eigenvalue weighted by atomic mass is 9.88. The molecule has 0 bridgehead atoms. The molecule has 4 atom stereocenters. The van der Waals surface area contributed by atoms with Crippen LogP contribution in [0.2, 0.25) is 0 Å². The number of hydrogen-bond acceptors (Lipinski definition) is 6. The number of pyridine rings is 1. The molecule has 0 saturated heterocycles. The van der Waals surface area contributed by atoms with Crippen LogP contribution in [0.5, 0.6) is 6.01 Å². The Morgan fingerprint density at radius 2 is 1.89 bits per heavy atom. The minimum atomic E-state index is -0.455. The van der Waals surface area contributed by atoms with Crippen molar-refractivity contribution in [2.45, 2.75) is 76.5 Å². The molecule has 0 unspecified atom stereocenters. The highest BCUT2D eigenvalue weighted by Crippen LogP contribution is 2.32. The molecule has 2 aromatic heterocycles. The zero-order valence-corrected chi connectivity index (χ0v) is 15.8. The van der Waals surface area contributed by atoms with Crippen molar-refractivity contribution >= 4 is 16.9 Å². The van der Waals surface area contributed by atoms with E-state index >= 15 is 0 Å². The summed E-state index contributed by atoms with van der Waals surface area (Å²) in [5, 5.41) is 10.8. The molecule has 0 aromatic carbocycles. The van der Waals surface area contributed by atoms with Crippen molar-refractivity contribution in [1.29, 1.82) is 0 Å². The molecule has 2 aliphatic rings. The maximum atomic E-state index is 12.4. The number of rotatable bonds is 3. The van der Waals surface area contributed by atoms with E-state index in [9.17, 15) is 9.90 Å². The predicted molar refractivity (Wildman–Crippen MR) is 104 cm³/mol. The first-order valence-electron chi connectivity index (χ1n) is 10.1. The molecule has 27 heavy (non-hydrogen) atoms. The van der Waals surface area contributed by atoms with Crippen LogP contribution in [0.4, 0.5) is 5.82 Å². The fourth-order valence-electron chi connectivity index (χ4n) is 4.50. The van der Waals surface area contributed by atoms with Crippen LogP contribution in [0.1, 0.15) is 64.3 Å². The van der Waals surface area contributed by atoms with Crippen molar-refractivity contribution in [3.8, 4) is 6.01 Å². The Kier molecular flexibility index (Phi) is 5.04. The largest absolute Gasteiger partial charge is 0.460 e. The standard InChI is InChI=1S/C20H28N4O3/c1-12-6-2-5-9-16(12)27-20-22-18(21)17-15(26)10-11-24(19(17)23-20)13-7-3-4-8-14(13)25/h10-14,16,25H,2-9H2,1H3,(H2,21,22,23)/t12-,13+,14+,16+/m0/s1. The van der Waals surface area contributed by atoms with Gasteiger partial charge in [-0.1, -0.05) is 26.2 Å². The number of anilines is 1. The lowest BCUT2D eigenvalue weighted by Crippen LogP contribution is -2.30. The third-order valence-corrected chi connectivity index (χ3v) is 6.12. The van der Waals surface area contributed by atoms with Gasteiger partial charge in [0.15, 0.2) is 11.1 Å². The highest BCUT2D eigenvalue weighted by molar-refractivity contribution is 5.85. The van der Waals surface area contributed by atoms with Gasteiger partial charge in [-0.15, -0.1) is 0 Å². The smallest absolute Gasteiger partial charge is 0.320 e. The van der Waals surface area contributed by atoms with Crippen molar-refractivity contribution in [3.05, 3.63) is 22.5 Å². The summed E-state index contributed by atoms with van der Waals surface area (Å²) in [4.78, 5) is 21.2. The van der Waals surface area contributed by atoms with Crippen LogP contribution in [-0.4, -0.2) is 31.8 Å². The number of nitrogen functional groups attached to an aromatic ring is 1. The molecule has 0 amide bonds. The molecule has 7 heteroatoms. The van der Waals surface area contributed by atoms with Gasteiger partial charge in [-0.25, -0.2) is 0 Å². The average molecular weight is 372 g/mol. The Hall–Kier alpha value is -2.15. The maximum absolute atomic E-state index is 12.4. The SMILES string of the molecule is C[C@H]1CCCC[C@H]1Oc1nc(N)c2c(=O)ccn([C@@H]3CCCC[C@H]3O)c2n1. The molecule has 0 spiro atoms. The topological polar surface area (TPSA) is 103 Å². The molecule has 0 aliphatic heterocycles. The molecule has 2 aliphatic carbocycles. The molecular formula is C20H28N4O3. The molecule has 2 heterocycles. The highest BCUT2D eigenvalue weighted by Gasteiger charge is 2.28. The normalized spacial score (nSPS) is 29.0. The van der Waals surface area contributed by atoms with Gasteiger partial charge in [0.05, 0.1) is 12.1 Å². The van der Waals surface area contributed by atoms with E-state index in [4.69, 9.17) is 10.5 Å². The summed E-state index contributed by atoms with van der Waals surface area (Å²) >= 11 is 0. The van der Waals surface area contributed by atoms with Gasteiger partial charge in [-0.2, -0.15) is 9.97 Å². The van der Waals surface area contributed by atoms with Crippen molar-refractivity contribution in [1.82, 2.24) is 14.5 Å². The number of ether oxygens (including phenoxy) is 1. The van der Waals surface area contributed by atoms with Crippen LogP contribution in [0.3, 0.4) is 0 Å². The highest BCUT2D eigenvalue weighted by atomic mass is 16.5. The van der Waals surface area contributed by atoms with E-state index in [1.807, 2.05) is 4.57 Å². The van der Waals surface area contributed by atoms with Gasteiger partial charge in [0.2, 0.25) is 0 Å². The summed E-state index contributed by atoms with van der Waals surface area (Å²) < 4.78 is 7.97. The molecule has 4 rings (SSSR count). The molecular weight excluding hydrogens is 344 g/mol. The fraction of sp³-hybridized carbons (Fsp3) is 0.650. The fourth-order valence-corrected chi connectivity index (χ4v) is 4.50. The Morgan fingerprint density at radius 1 is 1.15 bits per heavy atom. The van der Waals surface area contributed by atoms with Crippen molar-refractivity contribution < 1.29 is 9.84 Å². The van der Waals surface area contributed by atoms with Crippen molar-refractivity contribution in [3.63, 3.8) is 0 Å². The van der Waals surface area contributed by atoms with E-state index in [0.717, 1.165) is 44.9 Å². The molecule has 0 radical (unpaired) electrons. The van der Waals surface area contributed by atoms with E-state index < -0.39 is 6.10 Å². The van der Waals surface area contributed by atoms with Crippen LogP contribution >= 0.6 is 0 Å². The van der Waals surface area contributed by atoms with Crippen LogP contribution < -0.4 is 15.9 Å². The zero-order chi connectivity index (χ0) is 19.0. The summed E-state index contributed by atoms with van der Waals surface area (Å²) in [5.74, 6) is 0.584. The van der Waals surface area contributed by atoms with Gasteiger partial charge in [0, 0.05) is 12.3 Å². The van der Waals surface area contributed by atoms with E-state index in [1.165, 1.54) is 12.5 Å². The van der Waals surface area contributed by atoms with E-state index in [0.29, 0.717) is 17.0 Å². The third kappa shape index (κ3) is 3.52. The zero-order valence-electron chi connectivity index (χ0n) is 15.8. The van der Waals surface area contributed by atoms with Gasteiger partial charge in [-0.05, 0) is 38.0 Å². The van der Waals surface area contributed by atoms with Crippen LogP contribution in [-0.2, 0) is 0 Å². The summed E-state index contributed by atoms with van der Waals surface area (Å²) in [6, 6.07) is 1.59.